The standard InChI is InChI=1S/C16H35N/c1-10-12(2)13(3)11-14(4,5)15(6,7)16(8,9)17/h12-13H,10-11,17H2,1-9H3. The summed E-state index contributed by atoms with van der Waals surface area (Å²) in [4.78, 5) is 0. The highest BCUT2D eigenvalue weighted by Crippen LogP contribution is 2.49. The van der Waals surface area contributed by atoms with E-state index in [9.17, 15) is 0 Å². The van der Waals surface area contributed by atoms with Crippen molar-refractivity contribution >= 4 is 0 Å². The Labute approximate surface area is 110 Å². The molecule has 2 atom stereocenters. The molecule has 0 amide bonds. The third-order valence-electron chi connectivity index (χ3n) is 5.75. The van der Waals surface area contributed by atoms with E-state index >= 15 is 0 Å². The average Bonchev–Trinajstić information content (AvgIpc) is 2.13. The van der Waals surface area contributed by atoms with Gasteiger partial charge in [0.1, 0.15) is 0 Å². The van der Waals surface area contributed by atoms with Gasteiger partial charge in [0.15, 0.2) is 0 Å². The van der Waals surface area contributed by atoms with Crippen LogP contribution in [0.4, 0.5) is 0 Å². The Morgan fingerprint density at radius 3 is 1.59 bits per heavy atom. The van der Waals surface area contributed by atoms with Gasteiger partial charge in [0.25, 0.3) is 0 Å². The van der Waals surface area contributed by atoms with E-state index in [1.165, 1.54) is 12.8 Å². The summed E-state index contributed by atoms with van der Waals surface area (Å²) in [6.45, 7) is 20.7. The molecule has 0 aromatic carbocycles. The number of hydrogen-bond donors (Lipinski definition) is 1. The van der Waals surface area contributed by atoms with Gasteiger partial charge in [-0.15, -0.1) is 0 Å². The Morgan fingerprint density at radius 2 is 1.29 bits per heavy atom. The second-order valence-corrected chi connectivity index (χ2v) is 7.80. The Bertz CT molecular complexity index is 232. The van der Waals surface area contributed by atoms with E-state index in [2.05, 4.69) is 62.3 Å². The average molecular weight is 241 g/mol. The van der Waals surface area contributed by atoms with Crippen molar-refractivity contribution in [2.75, 3.05) is 0 Å². The summed E-state index contributed by atoms with van der Waals surface area (Å²) in [5.74, 6) is 1.56. The molecule has 0 bridgehead atoms. The van der Waals surface area contributed by atoms with Crippen LogP contribution in [0.2, 0.25) is 0 Å². The van der Waals surface area contributed by atoms with E-state index in [0.717, 1.165) is 11.8 Å². The quantitative estimate of drug-likeness (QED) is 0.707. The van der Waals surface area contributed by atoms with Crippen molar-refractivity contribution in [1.82, 2.24) is 0 Å². The number of rotatable bonds is 6. The number of nitrogens with two attached hydrogens (primary N) is 1. The van der Waals surface area contributed by atoms with Crippen LogP contribution < -0.4 is 5.73 Å². The van der Waals surface area contributed by atoms with Gasteiger partial charge >= 0.3 is 0 Å². The molecule has 0 fully saturated rings. The van der Waals surface area contributed by atoms with E-state index in [-0.39, 0.29) is 16.4 Å². The normalized spacial score (nSPS) is 18.0. The van der Waals surface area contributed by atoms with Crippen molar-refractivity contribution in [3.63, 3.8) is 0 Å². The van der Waals surface area contributed by atoms with E-state index in [1.807, 2.05) is 0 Å². The van der Waals surface area contributed by atoms with Crippen molar-refractivity contribution in [3.05, 3.63) is 0 Å². The summed E-state index contributed by atoms with van der Waals surface area (Å²) < 4.78 is 0. The summed E-state index contributed by atoms with van der Waals surface area (Å²) in [7, 11) is 0. The molecule has 2 N–H and O–H groups in total. The Kier molecular flexibility index (Phi) is 5.29. The van der Waals surface area contributed by atoms with E-state index in [1.54, 1.807) is 0 Å². The molecule has 0 saturated heterocycles. The minimum Gasteiger partial charge on any atom is -0.325 e. The zero-order chi connectivity index (χ0) is 14.1. The van der Waals surface area contributed by atoms with Crippen molar-refractivity contribution in [1.29, 1.82) is 0 Å². The van der Waals surface area contributed by atoms with Crippen LogP contribution in [0.25, 0.3) is 0 Å². The fourth-order valence-corrected chi connectivity index (χ4v) is 2.54. The molecule has 0 rings (SSSR count). The second-order valence-electron chi connectivity index (χ2n) is 7.80. The molecule has 1 heteroatoms. The third-order valence-corrected chi connectivity index (χ3v) is 5.75. The SMILES string of the molecule is CCC(C)C(C)CC(C)(C)C(C)(C)C(C)(C)N. The fraction of sp³-hybridized carbons (Fsp3) is 1.00. The predicted molar refractivity (Wildman–Crippen MR) is 79.1 cm³/mol. The Balaban J connectivity index is 4.91. The molecule has 0 aliphatic carbocycles. The molecular weight excluding hydrogens is 206 g/mol. The molecule has 0 radical (unpaired) electrons. The molecule has 0 aliphatic heterocycles. The van der Waals surface area contributed by atoms with Crippen molar-refractivity contribution in [2.45, 2.75) is 80.7 Å². The van der Waals surface area contributed by atoms with E-state index < -0.39 is 0 Å². The molecule has 1 nitrogen and oxygen atoms in total. The van der Waals surface area contributed by atoms with Crippen LogP contribution in [-0.2, 0) is 0 Å². The summed E-state index contributed by atoms with van der Waals surface area (Å²) >= 11 is 0. The molecule has 2 unspecified atom stereocenters. The van der Waals surface area contributed by atoms with Crippen LogP contribution in [-0.4, -0.2) is 5.54 Å². The van der Waals surface area contributed by atoms with Gasteiger partial charge in [-0.1, -0.05) is 54.9 Å². The first-order chi connectivity index (χ1) is 7.37. The van der Waals surface area contributed by atoms with Crippen LogP contribution in [0, 0.1) is 22.7 Å². The van der Waals surface area contributed by atoms with Crippen molar-refractivity contribution in [2.24, 2.45) is 28.4 Å². The smallest absolute Gasteiger partial charge is 0.0154 e. The van der Waals surface area contributed by atoms with Crippen LogP contribution >= 0.6 is 0 Å². The zero-order valence-electron chi connectivity index (χ0n) is 13.6. The lowest BCUT2D eigenvalue weighted by atomic mass is 9.56. The van der Waals surface area contributed by atoms with Gasteiger partial charge in [-0.25, -0.2) is 0 Å². The molecule has 0 aliphatic rings. The van der Waals surface area contributed by atoms with Gasteiger partial charge in [0, 0.05) is 5.54 Å². The summed E-state index contributed by atoms with van der Waals surface area (Å²) in [6.07, 6.45) is 2.51. The maximum absolute atomic E-state index is 6.38. The third kappa shape index (κ3) is 3.71. The molecule has 0 heterocycles. The lowest BCUT2D eigenvalue weighted by molar-refractivity contribution is 0.01000. The van der Waals surface area contributed by atoms with Crippen LogP contribution in [0.15, 0.2) is 0 Å². The first-order valence-corrected chi connectivity index (χ1v) is 7.15. The molecule has 0 aromatic rings. The molecule has 0 aromatic heterocycles. The van der Waals surface area contributed by atoms with E-state index in [4.69, 9.17) is 5.73 Å². The highest BCUT2D eigenvalue weighted by atomic mass is 14.8. The lowest BCUT2D eigenvalue weighted by Crippen LogP contribution is -2.55. The van der Waals surface area contributed by atoms with Crippen molar-refractivity contribution < 1.29 is 0 Å². The number of hydrogen-bond acceptors (Lipinski definition) is 1. The first kappa shape index (κ1) is 17.0. The fourth-order valence-electron chi connectivity index (χ4n) is 2.54. The van der Waals surface area contributed by atoms with Gasteiger partial charge in [-0.2, -0.15) is 0 Å². The van der Waals surface area contributed by atoms with Gasteiger partial charge in [0.2, 0.25) is 0 Å². The zero-order valence-corrected chi connectivity index (χ0v) is 13.6. The highest BCUT2D eigenvalue weighted by molar-refractivity contribution is 5.00. The maximum Gasteiger partial charge on any atom is 0.0154 e. The molecule has 0 saturated carbocycles. The second kappa shape index (κ2) is 5.30. The highest BCUT2D eigenvalue weighted by Gasteiger charge is 2.46. The Hall–Kier alpha value is -0.0400. The first-order valence-electron chi connectivity index (χ1n) is 7.15. The van der Waals surface area contributed by atoms with Crippen LogP contribution in [0.1, 0.15) is 75.2 Å². The summed E-state index contributed by atoms with van der Waals surface area (Å²) in [5.41, 5.74) is 6.62. The van der Waals surface area contributed by atoms with Crippen molar-refractivity contribution in [3.8, 4) is 0 Å². The maximum atomic E-state index is 6.38. The molecule has 0 spiro atoms. The van der Waals surface area contributed by atoms with E-state index in [0.29, 0.717) is 0 Å². The van der Waals surface area contributed by atoms with Gasteiger partial charge in [-0.05, 0) is 42.9 Å². The molecular formula is C16H35N. The molecule has 17 heavy (non-hydrogen) atoms. The van der Waals surface area contributed by atoms with Gasteiger partial charge in [0.05, 0.1) is 0 Å². The summed E-state index contributed by atoms with van der Waals surface area (Å²) in [6, 6.07) is 0. The van der Waals surface area contributed by atoms with Gasteiger partial charge < -0.3 is 5.73 Å². The monoisotopic (exact) mass is 241 g/mol. The largest absolute Gasteiger partial charge is 0.325 e. The molecule has 104 valence electrons. The minimum atomic E-state index is -0.147. The minimum absolute atomic E-state index is 0.127. The summed E-state index contributed by atoms with van der Waals surface area (Å²) in [5, 5.41) is 0. The lowest BCUT2D eigenvalue weighted by Gasteiger charge is -2.51. The van der Waals surface area contributed by atoms with Crippen LogP contribution in [0.3, 0.4) is 0 Å². The Morgan fingerprint density at radius 1 is 0.882 bits per heavy atom. The van der Waals surface area contributed by atoms with Crippen LogP contribution in [0.5, 0.6) is 0 Å². The van der Waals surface area contributed by atoms with Gasteiger partial charge in [-0.3, -0.25) is 0 Å². The topological polar surface area (TPSA) is 26.0 Å². The predicted octanol–water partition coefficient (Wildman–Crippen LogP) is 4.85.